The van der Waals surface area contributed by atoms with Gasteiger partial charge in [0, 0.05) is 26.1 Å². The van der Waals surface area contributed by atoms with Crippen molar-refractivity contribution in [3.05, 3.63) is 42.0 Å². The van der Waals surface area contributed by atoms with Gasteiger partial charge in [0.1, 0.15) is 0 Å². The zero-order valence-electron chi connectivity index (χ0n) is 15.8. The summed E-state index contributed by atoms with van der Waals surface area (Å²) in [5, 5.41) is 2.68. The fraction of sp³-hybridized carbons (Fsp3) is 0.524. The van der Waals surface area contributed by atoms with Gasteiger partial charge in [-0.05, 0) is 38.3 Å². The number of nitrogens with one attached hydrogen (secondary N) is 1. The van der Waals surface area contributed by atoms with Crippen molar-refractivity contribution in [1.29, 1.82) is 0 Å². The highest BCUT2D eigenvalue weighted by Crippen LogP contribution is 2.48. The maximum Gasteiger partial charge on any atom is 0.247 e. The summed E-state index contributed by atoms with van der Waals surface area (Å²) in [6.45, 7) is 4.79. The van der Waals surface area contributed by atoms with E-state index in [9.17, 15) is 9.59 Å². The van der Waals surface area contributed by atoms with Crippen LogP contribution in [0.3, 0.4) is 0 Å². The second-order valence-corrected chi connectivity index (χ2v) is 7.86. The maximum atomic E-state index is 13.0. The van der Waals surface area contributed by atoms with Crippen molar-refractivity contribution in [2.24, 2.45) is 0 Å². The number of likely N-dealkylation sites (tertiary alicyclic amines) is 1. The highest BCUT2D eigenvalue weighted by molar-refractivity contribution is 5.92. The van der Waals surface area contributed by atoms with E-state index in [4.69, 9.17) is 4.74 Å². The standard InChI is InChI=1S/C21H28N2O3/c1-20(2)15-21(17(26-20)14-18(24)22-3)12-7-13-23(21)19(25)11-10-16-8-5-4-6-9-16/h4-6,8-11,17H,7,12-15H2,1-3H3,(H,22,24)/t17-,21+/m0/s1. The van der Waals surface area contributed by atoms with Gasteiger partial charge in [-0.3, -0.25) is 9.59 Å². The number of carbonyl (C=O) groups is 2. The molecule has 2 aliphatic heterocycles. The van der Waals surface area contributed by atoms with Crippen LogP contribution in [-0.2, 0) is 14.3 Å². The Hall–Kier alpha value is -2.14. The molecule has 2 amide bonds. The molecule has 0 saturated carbocycles. The molecule has 2 saturated heterocycles. The van der Waals surface area contributed by atoms with E-state index >= 15 is 0 Å². The monoisotopic (exact) mass is 356 g/mol. The average molecular weight is 356 g/mol. The molecule has 2 atom stereocenters. The van der Waals surface area contributed by atoms with Crippen LogP contribution < -0.4 is 5.32 Å². The molecule has 2 aliphatic rings. The smallest absolute Gasteiger partial charge is 0.247 e. The van der Waals surface area contributed by atoms with Gasteiger partial charge in [0.05, 0.1) is 23.7 Å². The molecule has 5 nitrogen and oxygen atoms in total. The maximum absolute atomic E-state index is 13.0. The zero-order valence-corrected chi connectivity index (χ0v) is 15.8. The normalized spacial score (nSPS) is 27.3. The Bertz CT molecular complexity index is 698. The minimum absolute atomic E-state index is 0.00504. The molecular formula is C21H28N2O3. The van der Waals surface area contributed by atoms with Crippen LogP contribution in [0.2, 0.25) is 0 Å². The van der Waals surface area contributed by atoms with Crippen molar-refractivity contribution in [2.75, 3.05) is 13.6 Å². The molecule has 2 fully saturated rings. The van der Waals surface area contributed by atoms with Crippen LogP contribution >= 0.6 is 0 Å². The molecule has 26 heavy (non-hydrogen) atoms. The quantitative estimate of drug-likeness (QED) is 0.844. The van der Waals surface area contributed by atoms with Crippen molar-refractivity contribution >= 4 is 17.9 Å². The van der Waals surface area contributed by atoms with Crippen LogP contribution in [0.5, 0.6) is 0 Å². The van der Waals surface area contributed by atoms with E-state index in [2.05, 4.69) is 5.32 Å². The average Bonchev–Trinajstić information content (AvgIpc) is 3.14. The van der Waals surface area contributed by atoms with Crippen molar-refractivity contribution < 1.29 is 14.3 Å². The summed E-state index contributed by atoms with van der Waals surface area (Å²) < 4.78 is 6.22. The summed E-state index contributed by atoms with van der Waals surface area (Å²) in [5.41, 5.74) is 0.262. The number of ether oxygens (including phenoxy) is 1. The highest BCUT2D eigenvalue weighted by Gasteiger charge is 2.58. The van der Waals surface area contributed by atoms with Gasteiger partial charge in [-0.1, -0.05) is 30.3 Å². The first kappa shape index (κ1) is 18.6. The van der Waals surface area contributed by atoms with Crippen LogP contribution in [0.1, 0.15) is 45.1 Å². The number of benzene rings is 1. The fourth-order valence-corrected chi connectivity index (χ4v) is 4.46. The van der Waals surface area contributed by atoms with E-state index in [0.29, 0.717) is 6.54 Å². The van der Waals surface area contributed by atoms with Crippen molar-refractivity contribution in [1.82, 2.24) is 10.2 Å². The highest BCUT2D eigenvalue weighted by atomic mass is 16.5. The van der Waals surface area contributed by atoms with Gasteiger partial charge in [-0.2, -0.15) is 0 Å². The zero-order chi connectivity index (χ0) is 18.8. The van der Waals surface area contributed by atoms with Gasteiger partial charge in [0.15, 0.2) is 0 Å². The Morgan fingerprint density at radius 3 is 2.73 bits per heavy atom. The van der Waals surface area contributed by atoms with E-state index < -0.39 is 5.54 Å². The van der Waals surface area contributed by atoms with Gasteiger partial charge in [0.2, 0.25) is 11.8 Å². The number of amides is 2. The molecule has 2 heterocycles. The molecule has 1 spiro atoms. The third-order valence-corrected chi connectivity index (χ3v) is 5.46. The van der Waals surface area contributed by atoms with E-state index in [-0.39, 0.29) is 29.9 Å². The van der Waals surface area contributed by atoms with Crippen molar-refractivity contribution in [3.8, 4) is 0 Å². The molecule has 1 N–H and O–H groups in total. The Morgan fingerprint density at radius 2 is 2.04 bits per heavy atom. The first-order valence-corrected chi connectivity index (χ1v) is 9.29. The molecule has 3 rings (SSSR count). The largest absolute Gasteiger partial charge is 0.369 e. The van der Waals surface area contributed by atoms with Gasteiger partial charge in [0.25, 0.3) is 0 Å². The molecule has 1 aromatic carbocycles. The number of carbonyl (C=O) groups excluding carboxylic acids is 2. The summed E-state index contributed by atoms with van der Waals surface area (Å²) in [6.07, 6.45) is 6.08. The van der Waals surface area contributed by atoms with E-state index in [0.717, 1.165) is 24.8 Å². The summed E-state index contributed by atoms with van der Waals surface area (Å²) in [6, 6.07) is 9.80. The predicted octanol–water partition coefficient (Wildman–Crippen LogP) is 2.76. The van der Waals surface area contributed by atoms with Gasteiger partial charge in [-0.15, -0.1) is 0 Å². The lowest BCUT2D eigenvalue weighted by Crippen LogP contribution is -2.53. The molecule has 0 radical (unpaired) electrons. The molecule has 0 aliphatic carbocycles. The lowest BCUT2D eigenvalue weighted by Gasteiger charge is -2.38. The lowest BCUT2D eigenvalue weighted by molar-refractivity contribution is -0.136. The van der Waals surface area contributed by atoms with Crippen molar-refractivity contribution in [2.45, 2.75) is 56.8 Å². The van der Waals surface area contributed by atoms with E-state index in [1.54, 1.807) is 13.1 Å². The first-order chi connectivity index (χ1) is 12.4. The van der Waals surface area contributed by atoms with Crippen LogP contribution in [0, 0.1) is 0 Å². The van der Waals surface area contributed by atoms with Gasteiger partial charge < -0.3 is 15.0 Å². The Morgan fingerprint density at radius 1 is 1.31 bits per heavy atom. The molecule has 140 valence electrons. The lowest BCUT2D eigenvalue weighted by atomic mass is 9.82. The molecule has 0 bridgehead atoms. The fourth-order valence-electron chi connectivity index (χ4n) is 4.46. The molecule has 1 aromatic rings. The first-order valence-electron chi connectivity index (χ1n) is 9.29. The minimum atomic E-state index is -0.395. The van der Waals surface area contributed by atoms with Crippen LogP contribution in [-0.4, -0.2) is 47.6 Å². The third-order valence-electron chi connectivity index (χ3n) is 5.46. The summed E-state index contributed by atoms with van der Waals surface area (Å²) in [4.78, 5) is 26.9. The molecule has 5 heteroatoms. The Balaban J connectivity index is 1.83. The van der Waals surface area contributed by atoms with Crippen LogP contribution in [0.4, 0.5) is 0 Å². The van der Waals surface area contributed by atoms with Crippen LogP contribution in [0.25, 0.3) is 6.08 Å². The Labute approximate surface area is 155 Å². The summed E-state index contributed by atoms with van der Waals surface area (Å²) in [7, 11) is 1.63. The van der Waals surface area contributed by atoms with Gasteiger partial charge in [-0.25, -0.2) is 0 Å². The number of hydrogen-bond donors (Lipinski definition) is 1. The van der Waals surface area contributed by atoms with E-state index in [1.807, 2.05) is 55.2 Å². The van der Waals surface area contributed by atoms with Crippen molar-refractivity contribution in [3.63, 3.8) is 0 Å². The second kappa shape index (κ2) is 7.23. The van der Waals surface area contributed by atoms with Gasteiger partial charge >= 0.3 is 0 Å². The number of nitrogens with zero attached hydrogens (tertiary/aromatic N) is 1. The summed E-state index contributed by atoms with van der Waals surface area (Å²) >= 11 is 0. The predicted molar refractivity (Wildman–Crippen MR) is 101 cm³/mol. The summed E-state index contributed by atoms with van der Waals surface area (Å²) in [5.74, 6) is -0.0549. The van der Waals surface area contributed by atoms with Crippen LogP contribution in [0.15, 0.2) is 36.4 Å². The number of hydrogen-bond acceptors (Lipinski definition) is 3. The molecular weight excluding hydrogens is 328 g/mol. The topological polar surface area (TPSA) is 58.6 Å². The SMILES string of the molecule is CNC(=O)C[C@@H]1OC(C)(C)C[C@]12CCCN2C(=O)C=Cc1ccccc1. The molecule has 0 unspecified atom stereocenters. The number of rotatable bonds is 4. The third kappa shape index (κ3) is 3.68. The minimum Gasteiger partial charge on any atom is -0.369 e. The molecule has 0 aromatic heterocycles. The Kier molecular flexibility index (Phi) is 5.19. The second-order valence-electron chi connectivity index (χ2n) is 7.86. The van der Waals surface area contributed by atoms with E-state index in [1.165, 1.54) is 0 Å².